The largest absolute Gasteiger partial charge is 0.453 e. The summed E-state index contributed by atoms with van der Waals surface area (Å²) in [6.07, 6.45) is -0.745. The second-order valence-electron chi connectivity index (χ2n) is 0.523. The summed E-state index contributed by atoms with van der Waals surface area (Å²) in [4.78, 5) is 9.37. The van der Waals surface area contributed by atoms with Gasteiger partial charge in [0.15, 0.2) is 0 Å². The molecule has 0 aliphatic carbocycles. The molecule has 0 fully saturated rings. The van der Waals surface area contributed by atoms with Crippen LogP contribution in [0.1, 0.15) is 0 Å². The summed E-state index contributed by atoms with van der Waals surface area (Å²) in [5.41, 5.74) is 4.43. The molecular weight excluding hydrogens is 73.0 g/mol. The SMILES string of the molecule is [13CH3]O[13C]([15NH2])=O. The van der Waals surface area contributed by atoms with Crippen LogP contribution in [-0.2, 0) is 4.74 Å². The summed E-state index contributed by atoms with van der Waals surface area (Å²) >= 11 is 0. The zero-order valence-electron chi connectivity index (χ0n) is 2.89. The van der Waals surface area contributed by atoms with Crippen molar-refractivity contribution in [2.24, 2.45) is 5.73 Å². The van der Waals surface area contributed by atoms with Gasteiger partial charge in [0.1, 0.15) is 0 Å². The highest BCUT2D eigenvalue weighted by Gasteiger charge is 1.76. The second kappa shape index (κ2) is 1.58. The lowest BCUT2D eigenvalue weighted by Gasteiger charge is -1.81. The molecule has 2 N–H and O–H groups in total. The third-order valence-electron chi connectivity index (χ3n) is 0.201. The fourth-order valence-electron chi connectivity index (χ4n) is 0. The van der Waals surface area contributed by atoms with E-state index in [-0.39, 0.29) is 0 Å². The molecule has 5 heavy (non-hydrogen) atoms. The van der Waals surface area contributed by atoms with Crippen molar-refractivity contribution in [3.8, 4) is 0 Å². The maximum absolute atomic E-state index is 9.37. The molecule has 0 aromatic carbocycles. The minimum absolute atomic E-state index is 0.745. The molecule has 30 valence electrons. The fraction of sp³-hybridized carbons (Fsp3) is 0.500. The normalized spacial score (nSPS) is 6.60. The quantitative estimate of drug-likeness (QED) is 0.320. The smallest absolute Gasteiger partial charge is 0.404 e. The van der Waals surface area contributed by atoms with Crippen LogP contribution in [0.2, 0.25) is 0 Å². The Morgan fingerprint density at radius 2 is 2.20 bits per heavy atom. The molecule has 0 atom stereocenters. The van der Waals surface area contributed by atoms with Crippen LogP contribution in [0.4, 0.5) is 4.79 Å². The topological polar surface area (TPSA) is 52.3 Å². The molecule has 0 aromatic rings. The zero-order valence-corrected chi connectivity index (χ0v) is 2.89. The van der Waals surface area contributed by atoms with Crippen molar-refractivity contribution in [3.63, 3.8) is 0 Å². The van der Waals surface area contributed by atoms with E-state index < -0.39 is 6.09 Å². The lowest BCUT2D eigenvalue weighted by molar-refractivity contribution is 0.182. The van der Waals surface area contributed by atoms with Crippen LogP contribution in [0.15, 0.2) is 0 Å². The van der Waals surface area contributed by atoms with Gasteiger partial charge in [-0.3, -0.25) is 0 Å². The molecule has 0 bridgehead atoms. The van der Waals surface area contributed by atoms with Crippen molar-refractivity contribution in [3.05, 3.63) is 0 Å². The summed E-state index contributed by atoms with van der Waals surface area (Å²) in [6, 6.07) is 0. The number of carbonyl (C=O) groups is 1. The van der Waals surface area contributed by atoms with Crippen molar-refractivity contribution in [2.45, 2.75) is 0 Å². The first-order chi connectivity index (χ1) is 2.27. The molecule has 0 aromatic heterocycles. The Hall–Kier alpha value is -0.730. The number of ether oxygens (including phenoxy) is 1. The predicted molar refractivity (Wildman–Crippen MR) is 16.6 cm³/mol. The van der Waals surface area contributed by atoms with Gasteiger partial charge in [-0.05, 0) is 0 Å². The van der Waals surface area contributed by atoms with E-state index in [0.717, 1.165) is 0 Å². The lowest BCUT2D eigenvalue weighted by atomic mass is 12.1. The van der Waals surface area contributed by atoms with Gasteiger partial charge in [0.25, 0.3) is 0 Å². The van der Waals surface area contributed by atoms with Gasteiger partial charge in [-0.2, -0.15) is 0 Å². The zero-order chi connectivity index (χ0) is 4.28. The minimum atomic E-state index is -0.745. The van der Waals surface area contributed by atoms with Crippen LogP contribution < -0.4 is 5.73 Å². The first-order valence-electron chi connectivity index (χ1n) is 1.11. The standard InChI is InChI=1S/C2H5NO2/c1-5-2(3)4/h1H3,(H2,3,4)/i1+1,2+1,3+1. The molecule has 0 rings (SSSR count). The van der Waals surface area contributed by atoms with Gasteiger partial charge in [0.05, 0.1) is 7.11 Å². The molecule has 3 heteroatoms. The first kappa shape index (κ1) is 4.27. The van der Waals surface area contributed by atoms with Crippen molar-refractivity contribution in [2.75, 3.05) is 7.11 Å². The molecule has 1 amide bonds. The average molecular weight is 78.0 g/mol. The second-order valence-corrected chi connectivity index (χ2v) is 0.523. The van der Waals surface area contributed by atoms with E-state index in [9.17, 15) is 4.79 Å². The van der Waals surface area contributed by atoms with Crippen LogP contribution >= 0.6 is 0 Å². The van der Waals surface area contributed by atoms with Gasteiger partial charge >= 0.3 is 6.09 Å². The Balaban J connectivity index is 2.85. The van der Waals surface area contributed by atoms with Crippen molar-refractivity contribution < 1.29 is 9.53 Å². The van der Waals surface area contributed by atoms with E-state index in [1.54, 1.807) is 0 Å². The summed E-state index contributed by atoms with van der Waals surface area (Å²) < 4.78 is 3.89. The number of nitrogens with two attached hydrogens (primary N) is 1. The molecule has 0 heterocycles. The van der Waals surface area contributed by atoms with E-state index in [1.807, 2.05) is 0 Å². The number of methoxy groups -OCH3 is 1. The van der Waals surface area contributed by atoms with Crippen LogP contribution in [0.5, 0.6) is 0 Å². The summed E-state index contributed by atoms with van der Waals surface area (Å²) in [5.74, 6) is 0. The average Bonchev–Trinajstić information content (AvgIpc) is 1.38. The van der Waals surface area contributed by atoms with Crippen LogP contribution in [0.3, 0.4) is 0 Å². The highest BCUT2D eigenvalue weighted by molar-refractivity contribution is 5.64. The molecule has 0 aliphatic rings. The van der Waals surface area contributed by atoms with Gasteiger partial charge in [-0.15, -0.1) is 0 Å². The maximum atomic E-state index is 9.37. The minimum Gasteiger partial charge on any atom is -0.453 e. The maximum Gasteiger partial charge on any atom is 0.404 e. The highest BCUT2D eigenvalue weighted by Crippen LogP contribution is 1.55. The van der Waals surface area contributed by atoms with Crippen molar-refractivity contribution in [1.82, 2.24) is 0 Å². The lowest BCUT2D eigenvalue weighted by Crippen LogP contribution is -2.08. The third kappa shape index (κ3) is 3.27. The summed E-state index contributed by atoms with van der Waals surface area (Å²) in [5, 5.41) is 0. The number of rotatable bonds is 0. The predicted octanol–water partition coefficient (Wildman–Crippen LogP) is -0.288. The monoisotopic (exact) mass is 78.0 g/mol. The van der Waals surface area contributed by atoms with Gasteiger partial charge in [-0.25, -0.2) is 4.79 Å². The Morgan fingerprint density at radius 3 is 2.20 bits per heavy atom. The van der Waals surface area contributed by atoms with Crippen molar-refractivity contribution in [1.29, 1.82) is 0 Å². The molecule has 0 saturated carbocycles. The Morgan fingerprint density at radius 1 is 2.00 bits per heavy atom. The Bertz CT molecular complexity index is 42.9. The molecule has 0 unspecified atom stereocenters. The summed E-state index contributed by atoms with van der Waals surface area (Å²) in [6.45, 7) is 0. The van der Waals surface area contributed by atoms with Gasteiger partial charge in [0.2, 0.25) is 0 Å². The van der Waals surface area contributed by atoms with Crippen LogP contribution in [0.25, 0.3) is 0 Å². The Kier molecular flexibility index (Phi) is 1.35. The van der Waals surface area contributed by atoms with Gasteiger partial charge in [0, 0.05) is 0 Å². The molecule has 3 nitrogen and oxygen atoms in total. The number of amides is 1. The van der Waals surface area contributed by atoms with E-state index in [4.69, 9.17) is 0 Å². The molecular formula is C2H5NO2. The number of primary amides is 1. The molecule has 0 saturated heterocycles. The third-order valence-corrected chi connectivity index (χ3v) is 0.201. The van der Waals surface area contributed by atoms with E-state index in [1.165, 1.54) is 7.11 Å². The fourth-order valence-corrected chi connectivity index (χ4v) is 0. The molecule has 0 radical (unpaired) electrons. The number of hydrogen-bond acceptors (Lipinski definition) is 2. The number of hydrogen-bond donors (Lipinski definition) is 1. The van der Waals surface area contributed by atoms with E-state index >= 15 is 0 Å². The van der Waals surface area contributed by atoms with Crippen LogP contribution in [-0.4, -0.2) is 13.2 Å². The first-order valence-corrected chi connectivity index (χ1v) is 1.11. The van der Waals surface area contributed by atoms with Gasteiger partial charge in [-0.1, -0.05) is 0 Å². The van der Waals surface area contributed by atoms with Crippen molar-refractivity contribution >= 4 is 6.09 Å². The highest BCUT2D eigenvalue weighted by atomic mass is 16.7. The molecule has 0 aliphatic heterocycles. The number of carbonyl (C=O) groups excluding carboxylic acids is 1. The van der Waals surface area contributed by atoms with E-state index in [2.05, 4.69) is 10.5 Å². The van der Waals surface area contributed by atoms with Crippen LogP contribution in [0, 0.1) is 0 Å². The van der Waals surface area contributed by atoms with E-state index in [0.29, 0.717) is 0 Å². The van der Waals surface area contributed by atoms with Gasteiger partial charge < -0.3 is 10.5 Å². The molecule has 0 spiro atoms. The summed E-state index contributed by atoms with van der Waals surface area (Å²) in [7, 11) is 1.22. The Labute approximate surface area is 29.7 Å².